The maximum Gasteiger partial charge on any atom is 0.255 e. The van der Waals surface area contributed by atoms with Crippen LogP contribution in [0.3, 0.4) is 0 Å². The molecule has 5 nitrogen and oxygen atoms in total. The topological polar surface area (TPSA) is 50.2 Å². The van der Waals surface area contributed by atoms with Gasteiger partial charge in [0, 0.05) is 24.3 Å². The molecule has 29 heavy (non-hydrogen) atoms. The fourth-order valence-electron chi connectivity index (χ4n) is 4.10. The summed E-state index contributed by atoms with van der Waals surface area (Å²) in [5.41, 5.74) is 3.48. The van der Waals surface area contributed by atoms with E-state index in [0.717, 1.165) is 36.3 Å². The number of hydrogen-bond donors (Lipinski definition) is 1. The largest absolute Gasteiger partial charge is 0.350 e. The van der Waals surface area contributed by atoms with Gasteiger partial charge in [-0.25, -0.2) is 0 Å². The number of benzene rings is 2. The molecule has 1 aliphatic rings. The van der Waals surface area contributed by atoms with Crippen LogP contribution in [0.25, 0.3) is 11.3 Å². The molecule has 0 spiro atoms. The number of carbonyl (C=O) groups excluding carboxylic acids is 1. The van der Waals surface area contributed by atoms with Crippen molar-refractivity contribution < 1.29 is 4.79 Å². The van der Waals surface area contributed by atoms with E-state index < -0.39 is 0 Å². The highest BCUT2D eigenvalue weighted by atomic mass is 16.1. The Morgan fingerprint density at radius 1 is 1.10 bits per heavy atom. The van der Waals surface area contributed by atoms with Crippen molar-refractivity contribution in [3.05, 3.63) is 78.0 Å². The van der Waals surface area contributed by atoms with E-state index in [4.69, 9.17) is 5.10 Å². The van der Waals surface area contributed by atoms with Gasteiger partial charge in [-0.15, -0.1) is 0 Å². The van der Waals surface area contributed by atoms with Crippen LogP contribution in [0.2, 0.25) is 0 Å². The summed E-state index contributed by atoms with van der Waals surface area (Å²) >= 11 is 0. The van der Waals surface area contributed by atoms with Gasteiger partial charge in [-0.3, -0.25) is 14.4 Å². The molecule has 4 rings (SSSR count). The van der Waals surface area contributed by atoms with E-state index in [-0.39, 0.29) is 5.91 Å². The van der Waals surface area contributed by atoms with Crippen LogP contribution in [0.4, 0.5) is 0 Å². The second kappa shape index (κ2) is 9.05. The molecule has 1 unspecified atom stereocenters. The average Bonchev–Trinajstić information content (AvgIpc) is 3.40. The molecule has 2 heterocycles. The van der Waals surface area contributed by atoms with Crippen molar-refractivity contribution in [2.75, 3.05) is 19.6 Å². The second-order valence-electron chi connectivity index (χ2n) is 7.58. The number of aromatic nitrogens is 2. The summed E-state index contributed by atoms with van der Waals surface area (Å²) in [5, 5.41) is 7.91. The number of nitrogens with one attached hydrogen (secondary N) is 1. The van der Waals surface area contributed by atoms with E-state index in [0.29, 0.717) is 24.7 Å². The highest BCUT2D eigenvalue weighted by molar-refractivity contribution is 5.99. The van der Waals surface area contributed by atoms with Crippen LogP contribution in [0.1, 0.15) is 35.7 Å². The number of carbonyl (C=O) groups is 1. The van der Waals surface area contributed by atoms with Gasteiger partial charge in [0.2, 0.25) is 0 Å². The molecular weight excluding hydrogens is 360 g/mol. The summed E-state index contributed by atoms with van der Waals surface area (Å²) in [6.07, 6.45) is 4.22. The lowest BCUT2D eigenvalue weighted by Crippen LogP contribution is -2.40. The van der Waals surface area contributed by atoms with Gasteiger partial charge < -0.3 is 5.32 Å². The van der Waals surface area contributed by atoms with Crippen molar-refractivity contribution in [2.45, 2.75) is 32.4 Å². The van der Waals surface area contributed by atoms with Gasteiger partial charge in [0.05, 0.1) is 12.1 Å². The third kappa shape index (κ3) is 4.57. The van der Waals surface area contributed by atoms with Gasteiger partial charge in [-0.2, -0.15) is 5.10 Å². The molecule has 1 fully saturated rings. The molecule has 0 aliphatic carbocycles. The van der Waals surface area contributed by atoms with Crippen molar-refractivity contribution in [3.63, 3.8) is 0 Å². The molecule has 2 aromatic carbocycles. The third-order valence-electron chi connectivity index (χ3n) is 5.64. The molecule has 3 aromatic rings. The van der Waals surface area contributed by atoms with Crippen LogP contribution >= 0.6 is 0 Å². The zero-order valence-electron chi connectivity index (χ0n) is 16.9. The monoisotopic (exact) mass is 388 g/mol. The predicted octanol–water partition coefficient (Wildman–Crippen LogP) is 3.81. The van der Waals surface area contributed by atoms with Crippen LogP contribution in [-0.4, -0.2) is 46.3 Å². The number of hydrogen-bond acceptors (Lipinski definition) is 3. The summed E-state index contributed by atoms with van der Waals surface area (Å²) < 4.78 is 1.86. The van der Waals surface area contributed by atoms with Crippen LogP contribution in [0, 0.1) is 0 Å². The number of likely N-dealkylation sites (tertiary alicyclic amines) is 1. The minimum absolute atomic E-state index is 0.0499. The first-order chi connectivity index (χ1) is 14.2. The van der Waals surface area contributed by atoms with E-state index in [9.17, 15) is 4.79 Å². The lowest BCUT2D eigenvalue weighted by Gasteiger charge is -2.22. The lowest BCUT2D eigenvalue weighted by molar-refractivity contribution is 0.0942. The van der Waals surface area contributed by atoms with Crippen LogP contribution in [0.5, 0.6) is 0 Å². The number of likely N-dealkylation sites (N-methyl/N-ethyl adjacent to an activating group) is 1. The van der Waals surface area contributed by atoms with E-state index in [1.54, 1.807) is 0 Å². The molecular formula is C24H28N4O. The van der Waals surface area contributed by atoms with Gasteiger partial charge in [0.25, 0.3) is 5.91 Å². The number of rotatable bonds is 7. The Morgan fingerprint density at radius 2 is 1.83 bits per heavy atom. The Kier molecular flexibility index (Phi) is 6.06. The van der Waals surface area contributed by atoms with Crippen LogP contribution in [-0.2, 0) is 6.54 Å². The highest BCUT2D eigenvalue weighted by Gasteiger charge is 2.24. The average molecular weight is 389 g/mol. The summed E-state index contributed by atoms with van der Waals surface area (Å²) in [7, 11) is 0. The molecule has 0 saturated carbocycles. The van der Waals surface area contributed by atoms with Crippen LogP contribution < -0.4 is 5.32 Å². The lowest BCUT2D eigenvalue weighted by atomic mass is 10.1. The minimum Gasteiger partial charge on any atom is -0.350 e. The zero-order valence-corrected chi connectivity index (χ0v) is 16.9. The van der Waals surface area contributed by atoms with Crippen molar-refractivity contribution in [2.24, 2.45) is 0 Å². The Bertz CT molecular complexity index is 936. The normalized spacial score (nSPS) is 16.8. The van der Waals surface area contributed by atoms with E-state index in [2.05, 4.69) is 29.3 Å². The highest BCUT2D eigenvalue weighted by Crippen LogP contribution is 2.23. The number of amides is 1. The fourth-order valence-corrected chi connectivity index (χ4v) is 4.10. The Balaban J connectivity index is 1.56. The molecule has 150 valence electrons. The van der Waals surface area contributed by atoms with Gasteiger partial charge in [0.1, 0.15) is 5.69 Å². The molecule has 0 bridgehead atoms. The maximum absolute atomic E-state index is 13.1. The van der Waals surface area contributed by atoms with E-state index in [1.165, 1.54) is 6.42 Å². The summed E-state index contributed by atoms with van der Waals surface area (Å²) in [6.45, 7) is 5.67. The predicted molar refractivity (Wildman–Crippen MR) is 116 cm³/mol. The van der Waals surface area contributed by atoms with Gasteiger partial charge in [-0.1, -0.05) is 67.6 Å². The first-order valence-electron chi connectivity index (χ1n) is 10.4. The first-order valence-corrected chi connectivity index (χ1v) is 10.4. The van der Waals surface area contributed by atoms with Crippen molar-refractivity contribution in [1.29, 1.82) is 0 Å². The first kappa shape index (κ1) is 19.4. The molecule has 1 N–H and O–H groups in total. The maximum atomic E-state index is 13.1. The summed E-state index contributed by atoms with van der Waals surface area (Å²) in [4.78, 5) is 15.5. The Labute approximate surface area is 172 Å². The van der Waals surface area contributed by atoms with Crippen LogP contribution in [0.15, 0.2) is 66.9 Å². The Morgan fingerprint density at radius 3 is 2.55 bits per heavy atom. The SMILES string of the molecule is CCN1CCCC1CNC(=O)c1cn(Cc2ccccc2)nc1-c1ccccc1. The molecule has 5 heteroatoms. The van der Waals surface area contributed by atoms with Crippen molar-refractivity contribution in [3.8, 4) is 11.3 Å². The van der Waals surface area contributed by atoms with Crippen molar-refractivity contribution >= 4 is 5.91 Å². The quantitative estimate of drug-likeness (QED) is 0.670. The van der Waals surface area contributed by atoms with Gasteiger partial charge >= 0.3 is 0 Å². The smallest absolute Gasteiger partial charge is 0.255 e. The standard InChI is InChI=1S/C24H28N4O/c1-2-27-15-9-14-21(27)16-25-24(29)22-18-28(17-19-10-5-3-6-11-19)26-23(22)20-12-7-4-8-13-20/h3-8,10-13,18,21H,2,9,14-17H2,1H3,(H,25,29). The minimum atomic E-state index is -0.0499. The molecule has 1 aliphatic heterocycles. The molecule has 1 saturated heterocycles. The molecule has 1 amide bonds. The Hall–Kier alpha value is -2.92. The third-order valence-corrected chi connectivity index (χ3v) is 5.64. The molecule has 1 aromatic heterocycles. The summed E-state index contributed by atoms with van der Waals surface area (Å²) in [6, 6.07) is 20.6. The fraction of sp³-hybridized carbons (Fsp3) is 0.333. The zero-order chi connectivity index (χ0) is 20.1. The number of nitrogens with zero attached hydrogens (tertiary/aromatic N) is 3. The summed E-state index contributed by atoms with van der Waals surface area (Å²) in [5.74, 6) is -0.0499. The van der Waals surface area contributed by atoms with E-state index in [1.807, 2.05) is 59.4 Å². The van der Waals surface area contributed by atoms with Gasteiger partial charge in [0.15, 0.2) is 0 Å². The van der Waals surface area contributed by atoms with E-state index >= 15 is 0 Å². The second-order valence-corrected chi connectivity index (χ2v) is 7.58. The van der Waals surface area contributed by atoms with Crippen molar-refractivity contribution in [1.82, 2.24) is 20.0 Å². The molecule has 1 atom stereocenters. The van der Waals surface area contributed by atoms with Gasteiger partial charge in [-0.05, 0) is 31.5 Å². The molecule has 0 radical (unpaired) electrons.